The van der Waals surface area contributed by atoms with Crippen molar-refractivity contribution in [3.63, 3.8) is 0 Å². The maximum Gasteiger partial charge on any atom is 0.326 e. The van der Waals surface area contributed by atoms with E-state index >= 15 is 0 Å². The Hall–Kier alpha value is -1.55. The van der Waals surface area contributed by atoms with E-state index in [1.807, 2.05) is 13.8 Å². The zero-order chi connectivity index (χ0) is 14.6. The van der Waals surface area contributed by atoms with Crippen molar-refractivity contribution in [2.45, 2.75) is 33.2 Å². The molecule has 0 aliphatic rings. The lowest BCUT2D eigenvalue weighted by Crippen LogP contribution is -2.45. The van der Waals surface area contributed by atoms with Gasteiger partial charge in [0.05, 0.1) is 0 Å². The highest BCUT2D eigenvalue weighted by molar-refractivity contribution is 6.31. The molecule has 0 aliphatic carbocycles. The summed E-state index contributed by atoms with van der Waals surface area (Å²) in [5.41, 5.74) is 1.24. The first kappa shape index (κ1) is 15.5. The molecule has 4 nitrogen and oxygen atoms in total. The molecule has 5 heteroatoms. The fourth-order valence-corrected chi connectivity index (χ4v) is 1.82. The molecule has 2 N–H and O–H groups in total. The van der Waals surface area contributed by atoms with Crippen LogP contribution in [0.5, 0.6) is 0 Å². The van der Waals surface area contributed by atoms with Gasteiger partial charge in [0.25, 0.3) is 5.91 Å². The highest BCUT2D eigenvalue weighted by atomic mass is 35.5. The van der Waals surface area contributed by atoms with Gasteiger partial charge in [-0.2, -0.15) is 0 Å². The first-order valence-corrected chi connectivity index (χ1v) is 6.54. The van der Waals surface area contributed by atoms with Crippen LogP contribution in [-0.4, -0.2) is 23.0 Å². The average Bonchev–Trinajstić information content (AvgIpc) is 2.37. The van der Waals surface area contributed by atoms with Crippen LogP contribution in [0.1, 0.15) is 36.2 Å². The van der Waals surface area contributed by atoms with Crippen LogP contribution < -0.4 is 5.32 Å². The second kappa shape index (κ2) is 6.57. The molecule has 0 fully saturated rings. The summed E-state index contributed by atoms with van der Waals surface area (Å²) in [6.07, 6.45) is 0.673. The molecule has 0 saturated carbocycles. The predicted octanol–water partition coefficient (Wildman–Crippen LogP) is 2.88. The van der Waals surface area contributed by atoms with Gasteiger partial charge in [-0.05, 0) is 30.5 Å². The summed E-state index contributed by atoms with van der Waals surface area (Å²) in [7, 11) is 0. The molecule has 1 aromatic carbocycles. The van der Waals surface area contributed by atoms with E-state index in [0.29, 0.717) is 17.0 Å². The van der Waals surface area contributed by atoms with Crippen LogP contribution in [0.25, 0.3) is 0 Å². The Morgan fingerprint density at radius 2 is 2.05 bits per heavy atom. The fourth-order valence-electron chi connectivity index (χ4n) is 1.64. The lowest BCUT2D eigenvalue weighted by atomic mass is 9.99. The van der Waals surface area contributed by atoms with Crippen LogP contribution in [0.4, 0.5) is 0 Å². The van der Waals surface area contributed by atoms with E-state index in [2.05, 4.69) is 5.32 Å². The highest BCUT2D eigenvalue weighted by Gasteiger charge is 2.25. The summed E-state index contributed by atoms with van der Waals surface area (Å²) in [4.78, 5) is 23.2. The molecule has 2 atom stereocenters. The monoisotopic (exact) mass is 283 g/mol. The maximum absolute atomic E-state index is 12.0. The molecule has 0 spiro atoms. The number of aryl methyl sites for hydroxylation is 1. The van der Waals surface area contributed by atoms with Crippen molar-refractivity contribution in [2.75, 3.05) is 0 Å². The quantitative estimate of drug-likeness (QED) is 0.873. The summed E-state index contributed by atoms with van der Waals surface area (Å²) in [5, 5.41) is 12.2. The van der Waals surface area contributed by atoms with Gasteiger partial charge >= 0.3 is 5.97 Å². The Labute approximate surface area is 117 Å². The minimum absolute atomic E-state index is 0.137. The number of carboxylic acids is 1. The molecule has 0 unspecified atom stereocenters. The Morgan fingerprint density at radius 1 is 1.42 bits per heavy atom. The number of halogens is 1. The molecule has 0 bridgehead atoms. The van der Waals surface area contributed by atoms with Gasteiger partial charge in [0.1, 0.15) is 6.04 Å². The van der Waals surface area contributed by atoms with E-state index in [9.17, 15) is 9.59 Å². The number of amides is 1. The van der Waals surface area contributed by atoms with Crippen molar-refractivity contribution in [3.05, 3.63) is 34.3 Å². The fraction of sp³-hybridized carbons (Fsp3) is 0.429. The van der Waals surface area contributed by atoms with Crippen molar-refractivity contribution in [3.8, 4) is 0 Å². The Morgan fingerprint density at radius 3 is 2.53 bits per heavy atom. The SMILES string of the molecule is CC[C@H](C)[C@H](NC(=O)c1ccc(C)c(Cl)c1)C(=O)O. The molecule has 0 heterocycles. The van der Waals surface area contributed by atoms with Crippen molar-refractivity contribution in [1.29, 1.82) is 0 Å². The molecule has 0 aromatic heterocycles. The maximum atomic E-state index is 12.0. The Kier molecular flexibility index (Phi) is 5.36. The molecule has 0 saturated heterocycles. The second-order valence-electron chi connectivity index (χ2n) is 4.64. The second-order valence-corrected chi connectivity index (χ2v) is 5.05. The van der Waals surface area contributed by atoms with Crippen LogP contribution in [-0.2, 0) is 4.79 Å². The zero-order valence-corrected chi connectivity index (χ0v) is 12.0. The van der Waals surface area contributed by atoms with Crippen molar-refractivity contribution >= 4 is 23.5 Å². The number of carbonyl (C=O) groups excluding carboxylic acids is 1. The lowest BCUT2D eigenvalue weighted by Gasteiger charge is -2.20. The molecule has 1 aromatic rings. The lowest BCUT2D eigenvalue weighted by molar-refractivity contribution is -0.140. The van der Waals surface area contributed by atoms with Crippen molar-refractivity contribution < 1.29 is 14.7 Å². The Balaban J connectivity index is 2.87. The zero-order valence-electron chi connectivity index (χ0n) is 11.2. The molecule has 1 amide bonds. The van der Waals surface area contributed by atoms with Gasteiger partial charge in [0.2, 0.25) is 0 Å². The van der Waals surface area contributed by atoms with Crippen molar-refractivity contribution in [2.24, 2.45) is 5.92 Å². The topological polar surface area (TPSA) is 66.4 Å². The van der Waals surface area contributed by atoms with Gasteiger partial charge in [0.15, 0.2) is 0 Å². The summed E-state index contributed by atoms with van der Waals surface area (Å²) in [6, 6.07) is 4.02. The van der Waals surface area contributed by atoms with Gasteiger partial charge in [-0.3, -0.25) is 4.79 Å². The molecule has 19 heavy (non-hydrogen) atoms. The van der Waals surface area contributed by atoms with E-state index in [0.717, 1.165) is 5.56 Å². The van der Waals surface area contributed by atoms with Crippen LogP contribution in [0, 0.1) is 12.8 Å². The predicted molar refractivity (Wildman–Crippen MR) is 74.5 cm³/mol. The number of rotatable bonds is 5. The largest absolute Gasteiger partial charge is 0.480 e. The minimum Gasteiger partial charge on any atom is -0.480 e. The molecular formula is C14H18ClNO3. The van der Waals surface area contributed by atoms with Gasteiger partial charge < -0.3 is 10.4 Å². The molecule has 104 valence electrons. The van der Waals surface area contributed by atoms with E-state index < -0.39 is 17.9 Å². The van der Waals surface area contributed by atoms with E-state index in [4.69, 9.17) is 16.7 Å². The Bertz CT molecular complexity index is 488. The molecule has 0 aliphatic heterocycles. The number of aliphatic carboxylic acids is 1. The van der Waals surface area contributed by atoms with Crippen molar-refractivity contribution in [1.82, 2.24) is 5.32 Å². The third kappa shape index (κ3) is 3.96. The highest BCUT2D eigenvalue weighted by Crippen LogP contribution is 2.17. The van der Waals surface area contributed by atoms with Crippen LogP contribution in [0.15, 0.2) is 18.2 Å². The molecule has 0 radical (unpaired) electrons. The van der Waals surface area contributed by atoms with Gasteiger partial charge in [0, 0.05) is 10.6 Å². The van der Waals surface area contributed by atoms with Gasteiger partial charge in [-0.1, -0.05) is 37.9 Å². The number of carbonyl (C=O) groups is 2. The van der Waals surface area contributed by atoms with Gasteiger partial charge in [-0.15, -0.1) is 0 Å². The van der Waals surface area contributed by atoms with Crippen LogP contribution in [0.3, 0.4) is 0 Å². The number of nitrogens with one attached hydrogen (secondary N) is 1. The summed E-state index contributed by atoms with van der Waals surface area (Å²) < 4.78 is 0. The van der Waals surface area contributed by atoms with Gasteiger partial charge in [-0.25, -0.2) is 4.79 Å². The summed E-state index contributed by atoms with van der Waals surface area (Å²) >= 11 is 5.95. The number of hydrogen-bond acceptors (Lipinski definition) is 2. The average molecular weight is 284 g/mol. The molecular weight excluding hydrogens is 266 g/mol. The van der Waals surface area contributed by atoms with Crippen LogP contribution in [0.2, 0.25) is 5.02 Å². The third-order valence-corrected chi connectivity index (χ3v) is 3.61. The summed E-state index contributed by atoms with van der Waals surface area (Å²) in [6.45, 7) is 5.51. The molecule has 1 rings (SSSR count). The van der Waals surface area contributed by atoms with Crippen LogP contribution >= 0.6 is 11.6 Å². The first-order valence-electron chi connectivity index (χ1n) is 6.16. The standard InChI is InChI=1S/C14H18ClNO3/c1-4-8(2)12(14(18)19)16-13(17)10-6-5-9(3)11(15)7-10/h5-8,12H,4H2,1-3H3,(H,16,17)(H,18,19)/t8-,12-/m0/s1. The number of benzene rings is 1. The summed E-state index contributed by atoms with van der Waals surface area (Å²) in [5.74, 6) is -1.59. The van der Waals surface area contributed by atoms with E-state index in [1.165, 1.54) is 0 Å². The minimum atomic E-state index is -1.03. The normalized spacial score (nSPS) is 13.7. The number of carboxylic acid groups (broad SMARTS) is 1. The smallest absolute Gasteiger partial charge is 0.326 e. The number of hydrogen-bond donors (Lipinski definition) is 2. The first-order chi connectivity index (χ1) is 8.86. The van der Waals surface area contributed by atoms with E-state index in [1.54, 1.807) is 25.1 Å². The van der Waals surface area contributed by atoms with E-state index in [-0.39, 0.29) is 5.92 Å². The third-order valence-electron chi connectivity index (χ3n) is 3.20.